The maximum absolute atomic E-state index is 3.41. The van der Waals surface area contributed by atoms with Gasteiger partial charge in [-0.1, -0.05) is 31.0 Å². The van der Waals surface area contributed by atoms with E-state index in [-0.39, 0.29) is 0 Å². The van der Waals surface area contributed by atoms with Crippen LogP contribution in [0.1, 0.15) is 53.6 Å². The van der Waals surface area contributed by atoms with E-state index in [1.54, 1.807) is 0 Å². The quantitative estimate of drug-likeness (QED) is 0.825. The predicted molar refractivity (Wildman–Crippen MR) is 90.9 cm³/mol. The summed E-state index contributed by atoms with van der Waals surface area (Å²) in [6, 6.07) is 7.27. The highest BCUT2D eigenvalue weighted by molar-refractivity contribution is 5.37. The highest BCUT2D eigenvalue weighted by Gasteiger charge is 2.10. The zero-order valence-electron chi connectivity index (χ0n) is 14.0. The first kappa shape index (κ1) is 15.8. The molecule has 0 bridgehead atoms. The summed E-state index contributed by atoms with van der Waals surface area (Å²) in [6.07, 6.45) is 6.87. The van der Waals surface area contributed by atoms with Gasteiger partial charge in [0.25, 0.3) is 0 Å². The summed E-state index contributed by atoms with van der Waals surface area (Å²) in [5.74, 6) is 0. The van der Waals surface area contributed by atoms with Gasteiger partial charge in [-0.25, -0.2) is 0 Å². The van der Waals surface area contributed by atoms with E-state index >= 15 is 0 Å². The van der Waals surface area contributed by atoms with Gasteiger partial charge in [0.05, 0.1) is 0 Å². The molecule has 0 aliphatic carbocycles. The zero-order valence-corrected chi connectivity index (χ0v) is 14.0. The average molecular weight is 284 g/mol. The molecule has 1 heterocycles. The van der Waals surface area contributed by atoms with Crippen molar-refractivity contribution in [3.05, 3.63) is 58.4 Å². The van der Waals surface area contributed by atoms with Crippen LogP contribution < -0.4 is 5.32 Å². The van der Waals surface area contributed by atoms with E-state index in [9.17, 15) is 0 Å². The Labute approximate surface area is 129 Å². The molecule has 1 atom stereocenters. The Bertz CT molecular complexity index is 572. The van der Waals surface area contributed by atoms with Crippen molar-refractivity contribution in [1.29, 1.82) is 0 Å². The molecule has 0 amide bonds. The van der Waals surface area contributed by atoms with E-state index in [1.807, 2.05) is 7.05 Å². The molecule has 21 heavy (non-hydrogen) atoms. The normalized spacial score (nSPS) is 12.6. The Balaban J connectivity index is 2.20. The number of hydrogen-bond acceptors (Lipinski definition) is 1. The number of nitrogens with one attached hydrogen (secondary N) is 1. The summed E-state index contributed by atoms with van der Waals surface area (Å²) >= 11 is 0. The van der Waals surface area contributed by atoms with Gasteiger partial charge in [-0.05, 0) is 62.6 Å². The second-order valence-electron chi connectivity index (χ2n) is 6.12. The summed E-state index contributed by atoms with van der Waals surface area (Å²) in [5, 5.41) is 3.41. The monoisotopic (exact) mass is 284 g/mol. The van der Waals surface area contributed by atoms with E-state index in [0.717, 1.165) is 6.54 Å². The second-order valence-corrected chi connectivity index (χ2v) is 6.12. The molecular weight excluding hydrogens is 256 g/mol. The van der Waals surface area contributed by atoms with Gasteiger partial charge in [0, 0.05) is 25.0 Å². The zero-order chi connectivity index (χ0) is 15.4. The fraction of sp³-hybridized carbons (Fsp3) is 0.474. The third-order valence-electron chi connectivity index (χ3n) is 4.28. The topological polar surface area (TPSA) is 17.0 Å². The second kappa shape index (κ2) is 6.95. The molecule has 0 aliphatic heterocycles. The Hall–Kier alpha value is -1.54. The van der Waals surface area contributed by atoms with Crippen LogP contribution in [0, 0.1) is 20.8 Å². The summed E-state index contributed by atoms with van der Waals surface area (Å²) in [5.41, 5.74) is 6.96. The largest absolute Gasteiger partial charge is 0.350 e. The highest BCUT2D eigenvalue weighted by Crippen LogP contribution is 2.21. The van der Waals surface area contributed by atoms with Crippen LogP contribution in [0.5, 0.6) is 0 Å². The van der Waals surface area contributed by atoms with E-state index in [0.29, 0.717) is 6.04 Å². The molecule has 114 valence electrons. The van der Waals surface area contributed by atoms with Crippen LogP contribution in [0.2, 0.25) is 0 Å². The van der Waals surface area contributed by atoms with Crippen LogP contribution >= 0.6 is 0 Å². The van der Waals surface area contributed by atoms with E-state index in [4.69, 9.17) is 0 Å². The first-order chi connectivity index (χ1) is 10.0. The minimum absolute atomic E-state index is 0.469. The standard InChI is InChI=1S/C19H28N2/c1-6-7-19(20-5)17-8-9-21(12-17)13-18-15(3)10-14(2)11-16(18)4/h8-12,19-20H,6-7,13H2,1-5H3. The number of hydrogen-bond donors (Lipinski definition) is 1. The van der Waals surface area contributed by atoms with Crippen molar-refractivity contribution in [1.82, 2.24) is 9.88 Å². The van der Waals surface area contributed by atoms with Crippen molar-refractivity contribution in [2.24, 2.45) is 0 Å². The Morgan fingerprint density at radius 3 is 2.38 bits per heavy atom. The molecule has 2 heteroatoms. The van der Waals surface area contributed by atoms with Crippen LogP contribution in [0.3, 0.4) is 0 Å². The summed E-state index contributed by atoms with van der Waals surface area (Å²) in [6.45, 7) is 9.79. The highest BCUT2D eigenvalue weighted by atomic mass is 15.0. The first-order valence-electron chi connectivity index (χ1n) is 7.94. The minimum Gasteiger partial charge on any atom is -0.350 e. The van der Waals surface area contributed by atoms with Crippen LogP contribution in [-0.2, 0) is 6.54 Å². The van der Waals surface area contributed by atoms with Crippen LogP contribution in [-0.4, -0.2) is 11.6 Å². The van der Waals surface area contributed by atoms with Crippen molar-refractivity contribution in [2.45, 2.75) is 53.1 Å². The molecule has 1 N–H and O–H groups in total. The van der Waals surface area contributed by atoms with Crippen molar-refractivity contribution >= 4 is 0 Å². The molecule has 0 saturated carbocycles. The fourth-order valence-electron chi connectivity index (χ4n) is 3.17. The summed E-state index contributed by atoms with van der Waals surface area (Å²) in [4.78, 5) is 0. The van der Waals surface area contributed by atoms with Crippen LogP contribution in [0.4, 0.5) is 0 Å². The smallest absolute Gasteiger partial charge is 0.0475 e. The Kier molecular flexibility index (Phi) is 5.24. The molecule has 0 fully saturated rings. The Morgan fingerprint density at radius 2 is 1.81 bits per heavy atom. The van der Waals surface area contributed by atoms with Crippen molar-refractivity contribution in [2.75, 3.05) is 7.05 Å². The van der Waals surface area contributed by atoms with Crippen molar-refractivity contribution in [3.63, 3.8) is 0 Å². The van der Waals surface area contributed by atoms with Gasteiger partial charge in [-0.2, -0.15) is 0 Å². The van der Waals surface area contributed by atoms with Gasteiger partial charge in [-0.3, -0.25) is 0 Å². The third-order valence-corrected chi connectivity index (χ3v) is 4.28. The average Bonchev–Trinajstić information content (AvgIpc) is 2.88. The first-order valence-corrected chi connectivity index (χ1v) is 7.94. The number of aryl methyl sites for hydroxylation is 3. The molecule has 2 nitrogen and oxygen atoms in total. The third kappa shape index (κ3) is 3.76. The van der Waals surface area contributed by atoms with Crippen molar-refractivity contribution < 1.29 is 0 Å². The lowest BCUT2D eigenvalue weighted by Gasteiger charge is -2.14. The molecule has 0 saturated heterocycles. The number of benzene rings is 1. The summed E-state index contributed by atoms with van der Waals surface area (Å²) in [7, 11) is 2.05. The molecular formula is C19H28N2. The van der Waals surface area contributed by atoms with Gasteiger partial charge in [-0.15, -0.1) is 0 Å². The van der Waals surface area contributed by atoms with Crippen molar-refractivity contribution in [3.8, 4) is 0 Å². The number of nitrogens with zero attached hydrogens (tertiary/aromatic N) is 1. The van der Waals surface area contributed by atoms with Gasteiger partial charge in [0.1, 0.15) is 0 Å². The van der Waals surface area contributed by atoms with E-state index < -0.39 is 0 Å². The minimum atomic E-state index is 0.469. The SMILES string of the molecule is CCCC(NC)c1ccn(Cc2c(C)cc(C)cc2C)c1. The molecule has 0 aliphatic rings. The van der Waals surface area contributed by atoms with Gasteiger partial charge < -0.3 is 9.88 Å². The maximum Gasteiger partial charge on any atom is 0.0475 e. The lowest BCUT2D eigenvalue weighted by atomic mass is 10.00. The van der Waals surface area contributed by atoms with Crippen LogP contribution in [0.25, 0.3) is 0 Å². The maximum atomic E-state index is 3.41. The lowest BCUT2D eigenvalue weighted by Crippen LogP contribution is -2.15. The van der Waals surface area contributed by atoms with E-state index in [2.05, 4.69) is 68.2 Å². The number of aromatic nitrogens is 1. The molecule has 0 radical (unpaired) electrons. The number of rotatable bonds is 6. The van der Waals surface area contributed by atoms with Gasteiger partial charge in [0.2, 0.25) is 0 Å². The van der Waals surface area contributed by atoms with E-state index in [1.165, 1.54) is 40.7 Å². The molecule has 1 aromatic carbocycles. The molecule has 0 spiro atoms. The predicted octanol–water partition coefficient (Wildman–Crippen LogP) is 4.52. The summed E-state index contributed by atoms with van der Waals surface area (Å²) < 4.78 is 2.31. The molecule has 1 unspecified atom stereocenters. The molecule has 1 aromatic heterocycles. The van der Waals surface area contributed by atoms with Gasteiger partial charge in [0.15, 0.2) is 0 Å². The molecule has 2 rings (SSSR count). The van der Waals surface area contributed by atoms with Gasteiger partial charge >= 0.3 is 0 Å². The fourth-order valence-corrected chi connectivity index (χ4v) is 3.17. The van der Waals surface area contributed by atoms with Crippen LogP contribution in [0.15, 0.2) is 30.6 Å². The lowest BCUT2D eigenvalue weighted by molar-refractivity contribution is 0.540. The molecule has 2 aromatic rings. The Morgan fingerprint density at radius 1 is 1.14 bits per heavy atom.